The lowest BCUT2D eigenvalue weighted by Gasteiger charge is -2.12. The Hall–Kier alpha value is -1.67. The van der Waals surface area contributed by atoms with Crippen LogP contribution in [-0.2, 0) is 11.3 Å². The fourth-order valence-electron chi connectivity index (χ4n) is 2.20. The van der Waals surface area contributed by atoms with E-state index in [4.69, 9.17) is 4.74 Å². The van der Waals surface area contributed by atoms with Crippen molar-refractivity contribution in [3.63, 3.8) is 0 Å². The number of methoxy groups -OCH3 is 1. The van der Waals surface area contributed by atoms with Crippen LogP contribution in [0.3, 0.4) is 0 Å². The van der Waals surface area contributed by atoms with Crippen molar-refractivity contribution in [3.05, 3.63) is 54.2 Å². The number of guanidine groups is 1. The molecule has 0 fully saturated rings. The highest BCUT2D eigenvalue weighted by Gasteiger charge is 2.01. The van der Waals surface area contributed by atoms with Gasteiger partial charge in [-0.05, 0) is 30.2 Å². The maximum absolute atomic E-state index is 5.04. The van der Waals surface area contributed by atoms with Crippen molar-refractivity contribution < 1.29 is 4.74 Å². The van der Waals surface area contributed by atoms with Crippen molar-refractivity contribution in [2.75, 3.05) is 27.3 Å². The van der Waals surface area contributed by atoms with Gasteiger partial charge in [0.15, 0.2) is 5.96 Å². The Labute approximate surface area is 161 Å². The second-order valence-electron chi connectivity index (χ2n) is 5.11. The quantitative estimate of drug-likeness (QED) is 0.301. The predicted molar refractivity (Wildman–Crippen MR) is 110 cm³/mol. The number of ether oxygens (including phenoxy) is 1. The molecule has 0 unspecified atom stereocenters. The van der Waals surface area contributed by atoms with E-state index in [1.807, 2.05) is 24.4 Å². The van der Waals surface area contributed by atoms with Crippen LogP contribution in [0.1, 0.15) is 12.0 Å². The van der Waals surface area contributed by atoms with Gasteiger partial charge in [0, 0.05) is 45.6 Å². The van der Waals surface area contributed by atoms with Crippen molar-refractivity contribution in [3.8, 4) is 11.3 Å². The molecule has 0 spiro atoms. The molecule has 1 aromatic carbocycles. The second-order valence-corrected chi connectivity index (χ2v) is 5.11. The third-order valence-electron chi connectivity index (χ3n) is 3.39. The maximum Gasteiger partial charge on any atom is 0.191 e. The predicted octanol–water partition coefficient (Wildman–Crippen LogP) is 3.07. The van der Waals surface area contributed by atoms with Crippen molar-refractivity contribution in [2.45, 2.75) is 13.0 Å². The Bertz CT molecular complexity index is 619. The van der Waals surface area contributed by atoms with E-state index in [0.29, 0.717) is 6.54 Å². The van der Waals surface area contributed by atoms with Gasteiger partial charge in [0.1, 0.15) is 0 Å². The summed E-state index contributed by atoms with van der Waals surface area (Å²) >= 11 is 0. The lowest BCUT2D eigenvalue weighted by molar-refractivity contribution is 0.195. The lowest BCUT2D eigenvalue weighted by atomic mass is 10.1. The third kappa shape index (κ3) is 6.84. The standard InChI is InChI=1S/C18H24N4O.HI/c1-19-18(21-11-6-12-23-2)22-14-15-7-5-8-16(13-15)17-9-3-4-10-20-17;/h3-5,7-10,13H,6,11-12,14H2,1-2H3,(H2,19,21,22);1H. The number of hydrogen-bond donors (Lipinski definition) is 2. The summed E-state index contributed by atoms with van der Waals surface area (Å²) in [5, 5.41) is 6.59. The van der Waals surface area contributed by atoms with Crippen molar-refractivity contribution in [1.82, 2.24) is 15.6 Å². The topological polar surface area (TPSA) is 58.5 Å². The molecular weight excluding hydrogens is 415 g/mol. The highest BCUT2D eigenvalue weighted by atomic mass is 127. The van der Waals surface area contributed by atoms with Gasteiger partial charge >= 0.3 is 0 Å². The van der Waals surface area contributed by atoms with E-state index < -0.39 is 0 Å². The molecule has 24 heavy (non-hydrogen) atoms. The Morgan fingerprint density at radius 3 is 2.75 bits per heavy atom. The third-order valence-corrected chi connectivity index (χ3v) is 3.39. The average Bonchev–Trinajstić information content (AvgIpc) is 2.62. The minimum Gasteiger partial charge on any atom is -0.385 e. The van der Waals surface area contributed by atoms with E-state index in [-0.39, 0.29) is 24.0 Å². The number of benzene rings is 1. The number of nitrogens with one attached hydrogen (secondary N) is 2. The first kappa shape index (κ1) is 20.4. The SMILES string of the molecule is CN=C(NCCCOC)NCc1cccc(-c2ccccn2)c1.I. The number of aromatic nitrogens is 1. The highest BCUT2D eigenvalue weighted by molar-refractivity contribution is 14.0. The number of aliphatic imine (C=N–C) groups is 1. The summed E-state index contributed by atoms with van der Waals surface area (Å²) in [6.07, 6.45) is 2.76. The Balaban J connectivity index is 0.00000288. The van der Waals surface area contributed by atoms with E-state index in [0.717, 1.165) is 36.8 Å². The number of nitrogens with zero attached hydrogens (tertiary/aromatic N) is 2. The van der Waals surface area contributed by atoms with Gasteiger partial charge in [-0.2, -0.15) is 0 Å². The minimum absolute atomic E-state index is 0. The highest BCUT2D eigenvalue weighted by Crippen LogP contribution is 2.17. The van der Waals surface area contributed by atoms with Gasteiger partial charge < -0.3 is 15.4 Å². The Morgan fingerprint density at radius 1 is 1.17 bits per heavy atom. The first-order valence-electron chi connectivity index (χ1n) is 7.77. The normalized spacial score (nSPS) is 10.8. The zero-order chi connectivity index (χ0) is 16.3. The zero-order valence-electron chi connectivity index (χ0n) is 14.2. The molecule has 5 nitrogen and oxygen atoms in total. The van der Waals surface area contributed by atoms with Crippen LogP contribution in [0.15, 0.2) is 53.7 Å². The van der Waals surface area contributed by atoms with E-state index in [2.05, 4.69) is 44.9 Å². The van der Waals surface area contributed by atoms with E-state index in [9.17, 15) is 0 Å². The van der Waals surface area contributed by atoms with Crippen LogP contribution in [-0.4, -0.2) is 38.3 Å². The van der Waals surface area contributed by atoms with Gasteiger partial charge in [0.25, 0.3) is 0 Å². The van der Waals surface area contributed by atoms with Crippen LogP contribution in [0, 0.1) is 0 Å². The maximum atomic E-state index is 5.04. The van der Waals surface area contributed by atoms with E-state index in [1.54, 1.807) is 14.2 Å². The fourth-order valence-corrected chi connectivity index (χ4v) is 2.20. The minimum atomic E-state index is 0. The molecule has 0 aliphatic carbocycles. The van der Waals surface area contributed by atoms with Gasteiger partial charge in [0.2, 0.25) is 0 Å². The number of halogens is 1. The van der Waals surface area contributed by atoms with Crippen LogP contribution in [0.25, 0.3) is 11.3 Å². The van der Waals surface area contributed by atoms with Gasteiger partial charge in [-0.25, -0.2) is 0 Å². The van der Waals surface area contributed by atoms with Crippen molar-refractivity contribution in [2.24, 2.45) is 4.99 Å². The van der Waals surface area contributed by atoms with E-state index >= 15 is 0 Å². The van der Waals surface area contributed by atoms with Crippen LogP contribution in [0.4, 0.5) is 0 Å². The molecule has 0 atom stereocenters. The lowest BCUT2D eigenvalue weighted by Crippen LogP contribution is -2.37. The summed E-state index contributed by atoms with van der Waals surface area (Å²) in [7, 11) is 3.48. The van der Waals surface area contributed by atoms with Crippen molar-refractivity contribution >= 4 is 29.9 Å². The van der Waals surface area contributed by atoms with Gasteiger partial charge in [0.05, 0.1) is 5.69 Å². The molecule has 1 aromatic heterocycles. The summed E-state index contributed by atoms with van der Waals surface area (Å²) in [5.74, 6) is 0.796. The molecule has 2 N–H and O–H groups in total. The van der Waals surface area contributed by atoms with Crippen LogP contribution in [0.2, 0.25) is 0 Å². The summed E-state index contributed by atoms with van der Waals surface area (Å²) in [5.41, 5.74) is 3.29. The molecular formula is C18H25IN4O. The largest absolute Gasteiger partial charge is 0.385 e. The first-order chi connectivity index (χ1) is 11.3. The molecule has 6 heteroatoms. The molecule has 0 radical (unpaired) electrons. The summed E-state index contributed by atoms with van der Waals surface area (Å²) in [6, 6.07) is 14.3. The number of pyridine rings is 1. The van der Waals surface area contributed by atoms with E-state index in [1.165, 1.54) is 5.56 Å². The van der Waals surface area contributed by atoms with Crippen LogP contribution >= 0.6 is 24.0 Å². The molecule has 2 aromatic rings. The zero-order valence-corrected chi connectivity index (χ0v) is 16.5. The molecule has 0 bridgehead atoms. The van der Waals surface area contributed by atoms with Gasteiger partial charge in [-0.3, -0.25) is 9.98 Å². The number of rotatable bonds is 7. The fraction of sp³-hybridized carbons (Fsp3) is 0.333. The Kier molecular flexibility index (Phi) is 10.0. The first-order valence-corrected chi connectivity index (χ1v) is 7.77. The van der Waals surface area contributed by atoms with Gasteiger partial charge in [-0.1, -0.05) is 24.3 Å². The monoisotopic (exact) mass is 440 g/mol. The van der Waals surface area contributed by atoms with Crippen LogP contribution in [0.5, 0.6) is 0 Å². The summed E-state index contributed by atoms with van der Waals surface area (Å²) in [4.78, 5) is 8.61. The van der Waals surface area contributed by atoms with Crippen molar-refractivity contribution in [1.29, 1.82) is 0 Å². The number of hydrogen-bond acceptors (Lipinski definition) is 3. The molecule has 0 aliphatic rings. The molecule has 0 saturated heterocycles. The molecule has 0 aliphatic heterocycles. The van der Waals surface area contributed by atoms with Crippen LogP contribution < -0.4 is 10.6 Å². The smallest absolute Gasteiger partial charge is 0.191 e. The summed E-state index contributed by atoms with van der Waals surface area (Å²) < 4.78 is 5.04. The molecule has 0 amide bonds. The summed E-state index contributed by atoms with van der Waals surface area (Å²) in [6.45, 7) is 2.29. The molecule has 0 saturated carbocycles. The average molecular weight is 440 g/mol. The molecule has 1 heterocycles. The Morgan fingerprint density at radius 2 is 2.04 bits per heavy atom. The molecule has 130 valence electrons. The van der Waals surface area contributed by atoms with Gasteiger partial charge in [-0.15, -0.1) is 24.0 Å². The molecule has 2 rings (SSSR count). The second kappa shape index (κ2) is 11.8.